The molecule has 2 aromatic carbocycles. The third-order valence-corrected chi connectivity index (χ3v) is 3.83. The highest BCUT2D eigenvalue weighted by molar-refractivity contribution is 6.31. The van der Waals surface area contributed by atoms with Gasteiger partial charge in [-0.15, -0.1) is 0 Å². The van der Waals surface area contributed by atoms with Crippen LogP contribution in [-0.2, 0) is 21.9 Å². The zero-order valence-electron chi connectivity index (χ0n) is 14.9. The van der Waals surface area contributed by atoms with Gasteiger partial charge in [0.1, 0.15) is 5.75 Å². The summed E-state index contributed by atoms with van der Waals surface area (Å²) in [6.07, 6.45) is -10.3. The van der Waals surface area contributed by atoms with Crippen LogP contribution in [0.4, 0.5) is 32.0 Å². The SMILES string of the molecule is COc1ccc(Cl)cc1NC(=O)COC(=O)c1cc(C(F)(F)F)cc(C(F)(F)F)c1. The molecule has 5 nitrogen and oxygen atoms in total. The van der Waals surface area contributed by atoms with E-state index >= 15 is 0 Å². The van der Waals surface area contributed by atoms with E-state index in [4.69, 9.17) is 16.3 Å². The number of amides is 1. The first kappa shape index (κ1) is 23.3. The highest BCUT2D eigenvalue weighted by Crippen LogP contribution is 2.36. The summed E-state index contributed by atoms with van der Waals surface area (Å²) in [7, 11) is 1.31. The topological polar surface area (TPSA) is 64.6 Å². The quantitative estimate of drug-likeness (QED) is 0.498. The molecule has 162 valence electrons. The Bertz CT molecular complexity index is 926. The first-order chi connectivity index (χ1) is 13.8. The number of halogens is 7. The van der Waals surface area contributed by atoms with Crippen LogP contribution in [0.3, 0.4) is 0 Å². The molecule has 1 N–H and O–H groups in total. The number of hydrogen-bond acceptors (Lipinski definition) is 4. The van der Waals surface area contributed by atoms with E-state index in [9.17, 15) is 35.9 Å². The number of rotatable bonds is 5. The number of carbonyl (C=O) groups is 2. The fraction of sp³-hybridized carbons (Fsp3) is 0.222. The summed E-state index contributed by atoms with van der Waals surface area (Å²) in [5, 5.41) is 2.54. The number of ether oxygens (including phenoxy) is 2. The van der Waals surface area contributed by atoms with Crippen molar-refractivity contribution in [2.75, 3.05) is 19.0 Å². The predicted octanol–water partition coefficient (Wildman–Crippen LogP) is 5.18. The van der Waals surface area contributed by atoms with Crippen LogP contribution in [0, 0.1) is 0 Å². The van der Waals surface area contributed by atoms with Gasteiger partial charge in [0.2, 0.25) is 0 Å². The van der Waals surface area contributed by atoms with E-state index in [0.717, 1.165) is 0 Å². The van der Waals surface area contributed by atoms with Gasteiger partial charge in [0, 0.05) is 5.02 Å². The van der Waals surface area contributed by atoms with Crippen LogP contribution in [0.5, 0.6) is 5.75 Å². The maximum atomic E-state index is 12.9. The van der Waals surface area contributed by atoms with E-state index in [-0.39, 0.29) is 34.7 Å². The predicted molar refractivity (Wildman–Crippen MR) is 93.4 cm³/mol. The molecule has 0 aliphatic carbocycles. The maximum Gasteiger partial charge on any atom is 0.416 e. The van der Waals surface area contributed by atoms with Gasteiger partial charge >= 0.3 is 18.3 Å². The molecule has 30 heavy (non-hydrogen) atoms. The number of anilines is 1. The van der Waals surface area contributed by atoms with Crippen molar-refractivity contribution in [1.82, 2.24) is 0 Å². The lowest BCUT2D eigenvalue weighted by Gasteiger charge is -2.14. The molecule has 2 aromatic rings. The summed E-state index contributed by atoms with van der Waals surface area (Å²) in [6, 6.07) is 4.51. The van der Waals surface area contributed by atoms with Crippen LogP contribution in [0.2, 0.25) is 5.02 Å². The molecule has 0 aromatic heterocycles. The van der Waals surface area contributed by atoms with Gasteiger partial charge in [-0.3, -0.25) is 4.79 Å². The normalized spacial score (nSPS) is 11.7. The van der Waals surface area contributed by atoms with Crippen molar-refractivity contribution in [3.63, 3.8) is 0 Å². The fourth-order valence-electron chi connectivity index (χ4n) is 2.25. The standard InChI is InChI=1S/C18H12ClF6NO4/c1-29-14-3-2-12(19)7-13(14)26-15(27)8-30-16(28)9-4-10(17(20,21)22)6-11(5-9)18(23,24)25/h2-7H,8H2,1H3,(H,26,27). The molecule has 1 amide bonds. The second-order valence-corrected chi connectivity index (χ2v) is 6.20. The van der Waals surface area contributed by atoms with E-state index in [2.05, 4.69) is 10.1 Å². The van der Waals surface area contributed by atoms with Crippen molar-refractivity contribution in [2.24, 2.45) is 0 Å². The Labute approximate surface area is 170 Å². The van der Waals surface area contributed by atoms with Crippen LogP contribution in [0.1, 0.15) is 21.5 Å². The average molecular weight is 456 g/mol. The van der Waals surface area contributed by atoms with E-state index < -0.39 is 47.5 Å². The monoisotopic (exact) mass is 455 g/mol. The van der Waals surface area contributed by atoms with E-state index in [1.165, 1.54) is 25.3 Å². The number of benzene rings is 2. The lowest BCUT2D eigenvalue weighted by atomic mass is 10.0. The van der Waals surface area contributed by atoms with Crippen molar-refractivity contribution in [3.8, 4) is 5.75 Å². The lowest BCUT2D eigenvalue weighted by Crippen LogP contribution is -2.22. The summed E-state index contributed by atoms with van der Waals surface area (Å²) < 4.78 is 86.7. The summed E-state index contributed by atoms with van der Waals surface area (Å²) in [5.74, 6) is -2.25. The Morgan fingerprint density at radius 1 is 0.967 bits per heavy atom. The van der Waals surface area contributed by atoms with Gasteiger partial charge in [0.25, 0.3) is 5.91 Å². The molecule has 2 rings (SSSR count). The minimum Gasteiger partial charge on any atom is -0.495 e. The first-order valence-electron chi connectivity index (χ1n) is 7.91. The third-order valence-electron chi connectivity index (χ3n) is 3.59. The molecule has 0 unspecified atom stereocenters. The van der Waals surface area contributed by atoms with Crippen LogP contribution in [-0.4, -0.2) is 25.6 Å². The van der Waals surface area contributed by atoms with Gasteiger partial charge < -0.3 is 14.8 Å². The van der Waals surface area contributed by atoms with Crippen LogP contribution >= 0.6 is 11.6 Å². The van der Waals surface area contributed by atoms with Crippen molar-refractivity contribution < 1.29 is 45.4 Å². The number of esters is 1. The molecule has 0 radical (unpaired) electrons. The molecule has 12 heteroatoms. The van der Waals surface area contributed by atoms with Gasteiger partial charge in [-0.05, 0) is 36.4 Å². The minimum atomic E-state index is -5.13. The zero-order chi connectivity index (χ0) is 22.7. The molecule has 0 aliphatic heterocycles. The second kappa shape index (κ2) is 8.82. The summed E-state index contributed by atoms with van der Waals surface area (Å²) >= 11 is 5.79. The summed E-state index contributed by atoms with van der Waals surface area (Å²) in [5.41, 5.74) is -4.26. The smallest absolute Gasteiger partial charge is 0.416 e. The number of nitrogens with one attached hydrogen (secondary N) is 1. The van der Waals surface area contributed by atoms with Crippen molar-refractivity contribution in [1.29, 1.82) is 0 Å². The highest BCUT2D eigenvalue weighted by Gasteiger charge is 2.37. The Kier molecular flexibility index (Phi) is 6.86. The molecule has 0 spiro atoms. The first-order valence-corrected chi connectivity index (χ1v) is 8.29. The molecule has 0 saturated carbocycles. The third kappa shape index (κ3) is 6.02. The lowest BCUT2D eigenvalue weighted by molar-refractivity contribution is -0.143. The molecule has 0 fully saturated rings. The van der Waals surface area contributed by atoms with Crippen LogP contribution in [0.25, 0.3) is 0 Å². The van der Waals surface area contributed by atoms with Gasteiger partial charge in [0.15, 0.2) is 6.61 Å². The molecular formula is C18H12ClF6NO4. The van der Waals surface area contributed by atoms with Gasteiger partial charge in [-0.25, -0.2) is 4.79 Å². The highest BCUT2D eigenvalue weighted by atomic mass is 35.5. The van der Waals surface area contributed by atoms with Crippen molar-refractivity contribution in [3.05, 3.63) is 58.1 Å². The summed E-state index contributed by atoms with van der Waals surface area (Å²) in [4.78, 5) is 23.9. The van der Waals surface area contributed by atoms with E-state index in [0.29, 0.717) is 0 Å². The Morgan fingerprint density at radius 2 is 1.53 bits per heavy atom. The molecule has 0 saturated heterocycles. The Balaban J connectivity index is 2.16. The number of alkyl halides is 6. The zero-order valence-corrected chi connectivity index (χ0v) is 15.7. The molecule has 0 atom stereocenters. The van der Waals surface area contributed by atoms with Crippen LogP contribution in [0.15, 0.2) is 36.4 Å². The van der Waals surface area contributed by atoms with Crippen LogP contribution < -0.4 is 10.1 Å². The summed E-state index contributed by atoms with van der Waals surface area (Å²) in [6.45, 7) is -0.980. The van der Waals surface area contributed by atoms with E-state index in [1.54, 1.807) is 0 Å². The molecular weight excluding hydrogens is 444 g/mol. The van der Waals surface area contributed by atoms with Gasteiger partial charge in [-0.1, -0.05) is 11.6 Å². The molecule has 0 aliphatic rings. The number of carbonyl (C=O) groups excluding carboxylic acids is 2. The molecule has 0 heterocycles. The maximum absolute atomic E-state index is 12.9. The van der Waals surface area contributed by atoms with Gasteiger partial charge in [0.05, 0.1) is 29.5 Å². The second-order valence-electron chi connectivity index (χ2n) is 5.76. The van der Waals surface area contributed by atoms with Gasteiger partial charge in [-0.2, -0.15) is 26.3 Å². The average Bonchev–Trinajstić information content (AvgIpc) is 2.64. The Morgan fingerprint density at radius 3 is 2.03 bits per heavy atom. The fourth-order valence-corrected chi connectivity index (χ4v) is 2.42. The van der Waals surface area contributed by atoms with Crippen molar-refractivity contribution >= 4 is 29.2 Å². The number of hydrogen-bond donors (Lipinski definition) is 1. The largest absolute Gasteiger partial charge is 0.495 e. The van der Waals surface area contributed by atoms with Crippen molar-refractivity contribution in [2.45, 2.75) is 12.4 Å². The van der Waals surface area contributed by atoms with E-state index in [1.807, 2.05) is 0 Å². The number of methoxy groups -OCH3 is 1. The molecule has 0 bridgehead atoms. The minimum absolute atomic E-state index is 0.115. The Hall–Kier alpha value is -2.95.